The van der Waals surface area contributed by atoms with Crippen molar-refractivity contribution < 1.29 is 9.13 Å². The number of methoxy groups -OCH3 is 1. The van der Waals surface area contributed by atoms with Gasteiger partial charge in [0.05, 0.1) is 19.0 Å². The molecule has 8 heteroatoms. The van der Waals surface area contributed by atoms with E-state index in [9.17, 15) is 14.4 Å². The van der Waals surface area contributed by atoms with Crippen LogP contribution >= 0.6 is 0 Å². The number of nitrogens with one attached hydrogen (secondary N) is 2. The number of nitriles is 1. The lowest BCUT2D eigenvalue weighted by Crippen LogP contribution is -2.16. The number of hydrazone groups is 1. The largest absolute Gasteiger partial charge is 0.494 e. The second-order valence-corrected chi connectivity index (χ2v) is 5.35. The molecule has 27 heavy (non-hydrogen) atoms. The van der Waals surface area contributed by atoms with Crippen molar-refractivity contribution in [3.8, 4) is 23.1 Å². The summed E-state index contributed by atoms with van der Waals surface area (Å²) in [5, 5.41) is 13.1. The molecule has 7 nitrogen and oxygen atoms in total. The first kappa shape index (κ1) is 17.8. The number of ether oxygens (including phenoxy) is 1. The maximum absolute atomic E-state index is 14.1. The molecule has 3 aromatic rings. The summed E-state index contributed by atoms with van der Waals surface area (Å²) in [6, 6.07) is 15.3. The summed E-state index contributed by atoms with van der Waals surface area (Å²) in [5.74, 6) is -0.440. The lowest BCUT2D eigenvalue weighted by atomic mass is 10.1. The predicted octanol–water partition coefficient (Wildman–Crippen LogP) is 2.90. The zero-order chi connectivity index (χ0) is 19.2. The van der Waals surface area contributed by atoms with E-state index in [0.717, 1.165) is 0 Å². The van der Waals surface area contributed by atoms with Crippen molar-refractivity contribution in [1.29, 1.82) is 5.26 Å². The van der Waals surface area contributed by atoms with Gasteiger partial charge in [-0.15, -0.1) is 0 Å². The van der Waals surface area contributed by atoms with Crippen molar-refractivity contribution in [3.63, 3.8) is 0 Å². The van der Waals surface area contributed by atoms with E-state index in [0.29, 0.717) is 5.56 Å². The summed E-state index contributed by atoms with van der Waals surface area (Å²) in [5.41, 5.74) is 2.88. The number of aromatic nitrogens is 2. The van der Waals surface area contributed by atoms with E-state index >= 15 is 0 Å². The standard InChI is InChI=1S/C19H14FN5O2/c1-27-15-9-5-8-13(16(15)20)11-22-25-19-23-17(12-6-3-2-4-7-12)14(10-21)18(26)24-19/h2-9,11H,1H3,(H2,23,24,25,26). The highest BCUT2D eigenvalue weighted by atomic mass is 19.1. The van der Waals surface area contributed by atoms with Crippen molar-refractivity contribution in [3.05, 3.63) is 75.8 Å². The molecule has 0 saturated heterocycles. The van der Waals surface area contributed by atoms with Crippen molar-refractivity contribution in [2.45, 2.75) is 0 Å². The highest BCUT2D eigenvalue weighted by molar-refractivity contribution is 5.81. The average molecular weight is 363 g/mol. The van der Waals surface area contributed by atoms with Crippen LogP contribution < -0.4 is 15.7 Å². The fraction of sp³-hybridized carbons (Fsp3) is 0.0526. The van der Waals surface area contributed by atoms with E-state index in [4.69, 9.17) is 4.74 Å². The van der Waals surface area contributed by atoms with E-state index in [1.54, 1.807) is 30.3 Å². The molecule has 0 amide bonds. The predicted molar refractivity (Wildman–Crippen MR) is 99.2 cm³/mol. The fourth-order valence-electron chi connectivity index (χ4n) is 2.38. The van der Waals surface area contributed by atoms with Gasteiger partial charge in [0.1, 0.15) is 11.6 Å². The Hall–Kier alpha value is -3.99. The number of aromatic amines is 1. The molecule has 2 N–H and O–H groups in total. The first-order chi connectivity index (χ1) is 13.1. The minimum Gasteiger partial charge on any atom is -0.494 e. The van der Waals surface area contributed by atoms with Crippen molar-refractivity contribution in [2.75, 3.05) is 12.5 Å². The number of rotatable bonds is 5. The number of hydrogen-bond donors (Lipinski definition) is 2. The lowest BCUT2D eigenvalue weighted by molar-refractivity contribution is 0.386. The molecular weight excluding hydrogens is 349 g/mol. The Bertz CT molecular complexity index is 1090. The van der Waals surface area contributed by atoms with Crippen LogP contribution in [0.25, 0.3) is 11.3 Å². The molecule has 0 saturated carbocycles. The van der Waals surface area contributed by atoms with Crippen LogP contribution in [0.1, 0.15) is 11.1 Å². The first-order valence-corrected chi connectivity index (χ1v) is 7.85. The number of hydrogen-bond acceptors (Lipinski definition) is 6. The molecule has 3 rings (SSSR count). The molecule has 0 unspecified atom stereocenters. The number of anilines is 1. The van der Waals surface area contributed by atoms with Crippen LogP contribution in [0.15, 0.2) is 58.4 Å². The van der Waals surface area contributed by atoms with Gasteiger partial charge in [-0.3, -0.25) is 9.78 Å². The summed E-state index contributed by atoms with van der Waals surface area (Å²) < 4.78 is 19.0. The Balaban J connectivity index is 1.92. The minimum absolute atomic E-state index is 0.0254. The smallest absolute Gasteiger partial charge is 0.270 e. The Morgan fingerprint density at radius 1 is 1.26 bits per heavy atom. The highest BCUT2D eigenvalue weighted by Gasteiger charge is 2.13. The van der Waals surface area contributed by atoms with Crippen LogP contribution in [-0.4, -0.2) is 23.3 Å². The van der Waals surface area contributed by atoms with E-state index < -0.39 is 11.4 Å². The molecular formula is C19H14FN5O2. The normalized spacial score (nSPS) is 10.6. The molecule has 0 radical (unpaired) electrons. The molecule has 0 aliphatic rings. The third-order valence-corrected chi connectivity index (χ3v) is 3.67. The number of H-pyrrole nitrogens is 1. The van der Waals surface area contributed by atoms with Gasteiger partial charge in [-0.1, -0.05) is 42.5 Å². The van der Waals surface area contributed by atoms with E-state index in [1.165, 1.54) is 25.5 Å². The Labute approximate surface area is 153 Å². The second kappa shape index (κ2) is 7.93. The summed E-state index contributed by atoms with van der Waals surface area (Å²) in [6.45, 7) is 0. The number of nitrogens with zero attached hydrogens (tertiary/aromatic N) is 3. The fourth-order valence-corrected chi connectivity index (χ4v) is 2.38. The second-order valence-electron chi connectivity index (χ2n) is 5.35. The Morgan fingerprint density at radius 3 is 2.74 bits per heavy atom. The minimum atomic E-state index is -0.600. The number of benzene rings is 2. The third kappa shape index (κ3) is 3.82. The number of halogens is 1. The molecule has 0 atom stereocenters. The lowest BCUT2D eigenvalue weighted by Gasteiger charge is -2.06. The molecule has 2 aromatic carbocycles. The molecule has 1 aromatic heterocycles. The summed E-state index contributed by atoms with van der Waals surface area (Å²) in [4.78, 5) is 18.8. The van der Waals surface area contributed by atoms with Gasteiger partial charge in [0.15, 0.2) is 11.6 Å². The van der Waals surface area contributed by atoms with Gasteiger partial charge in [0.2, 0.25) is 5.95 Å². The van der Waals surface area contributed by atoms with Gasteiger partial charge >= 0.3 is 0 Å². The SMILES string of the molecule is COc1cccc(C=NNc2nc(-c3ccccc3)c(C#N)c(=O)[nH]2)c1F. The van der Waals surface area contributed by atoms with Crippen LogP contribution in [0, 0.1) is 17.1 Å². The van der Waals surface area contributed by atoms with Gasteiger partial charge in [0, 0.05) is 11.1 Å². The summed E-state index contributed by atoms with van der Waals surface area (Å²) >= 11 is 0. The summed E-state index contributed by atoms with van der Waals surface area (Å²) in [7, 11) is 1.37. The van der Waals surface area contributed by atoms with E-state index in [-0.39, 0.29) is 28.5 Å². The molecule has 134 valence electrons. The monoisotopic (exact) mass is 363 g/mol. The van der Waals surface area contributed by atoms with Gasteiger partial charge in [-0.2, -0.15) is 10.4 Å². The van der Waals surface area contributed by atoms with Crippen molar-refractivity contribution in [1.82, 2.24) is 9.97 Å². The third-order valence-electron chi connectivity index (χ3n) is 3.67. The van der Waals surface area contributed by atoms with Crippen molar-refractivity contribution in [2.24, 2.45) is 5.10 Å². The first-order valence-electron chi connectivity index (χ1n) is 7.85. The molecule has 0 spiro atoms. The zero-order valence-corrected chi connectivity index (χ0v) is 14.2. The van der Waals surface area contributed by atoms with Crippen LogP contribution in [0.4, 0.5) is 10.3 Å². The van der Waals surface area contributed by atoms with Gasteiger partial charge in [-0.25, -0.2) is 14.8 Å². The highest BCUT2D eigenvalue weighted by Crippen LogP contribution is 2.20. The van der Waals surface area contributed by atoms with Gasteiger partial charge < -0.3 is 4.74 Å². The molecule has 0 aliphatic heterocycles. The van der Waals surface area contributed by atoms with Crippen LogP contribution in [0.5, 0.6) is 5.75 Å². The van der Waals surface area contributed by atoms with Crippen LogP contribution in [0.2, 0.25) is 0 Å². The van der Waals surface area contributed by atoms with Crippen molar-refractivity contribution >= 4 is 12.2 Å². The average Bonchev–Trinajstić information content (AvgIpc) is 2.69. The maximum atomic E-state index is 14.1. The van der Waals surface area contributed by atoms with Gasteiger partial charge in [-0.05, 0) is 6.07 Å². The maximum Gasteiger partial charge on any atom is 0.270 e. The molecule has 0 aliphatic carbocycles. The van der Waals surface area contributed by atoms with E-state index in [1.807, 2.05) is 12.1 Å². The van der Waals surface area contributed by atoms with Crippen LogP contribution in [0.3, 0.4) is 0 Å². The van der Waals surface area contributed by atoms with Gasteiger partial charge in [0.25, 0.3) is 5.56 Å². The quantitative estimate of drug-likeness (QED) is 0.536. The van der Waals surface area contributed by atoms with Crippen LogP contribution in [-0.2, 0) is 0 Å². The van der Waals surface area contributed by atoms with E-state index in [2.05, 4.69) is 20.5 Å². The molecule has 0 fully saturated rings. The molecule has 0 bridgehead atoms. The molecule has 1 heterocycles. The summed E-state index contributed by atoms with van der Waals surface area (Å²) in [6.07, 6.45) is 1.23. The Morgan fingerprint density at radius 2 is 2.04 bits per heavy atom. The Kier molecular flexibility index (Phi) is 5.23. The zero-order valence-electron chi connectivity index (χ0n) is 14.2. The topological polar surface area (TPSA) is 103 Å².